The molecule has 5 aliphatic carbocycles. The van der Waals surface area contributed by atoms with Gasteiger partial charge in [-0.05, 0) is 104 Å². The second-order valence-corrected chi connectivity index (χ2v) is 14.5. The summed E-state index contributed by atoms with van der Waals surface area (Å²) >= 11 is 0. The van der Waals surface area contributed by atoms with Crippen LogP contribution in [0.3, 0.4) is 0 Å². The highest BCUT2D eigenvalue weighted by molar-refractivity contribution is 5.95. The van der Waals surface area contributed by atoms with Gasteiger partial charge in [-0.1, -0.05) is 34.6 Å². The molecule has 0 radical (unpaired) electrons. The van der Waals surface area contributed by atoms with Crippen LogP contribution in [0.25, 0.3) is 0 Å². The second-order valence-electron chi connectivity index (χ2n) is 14.5. The molecule has 0 bridgehead atoms. The minimum atomic E-state index is -1.26. The lowest BCUT2D eigenvalue weighted by molar-refractivity contribution is -0.202. The molecule has 34 heavy (non-hydrogen) atoms. The molecule has 9 atom stereocenters. The average Bonchev–Trinajstić information content (AvgIpc) is 2.72. The van der Waals surface area contributed by atoms with Crippen LogP contribution in [0.15, 0.2) is 11.6 Å². The van der Waals surface area contributed by atoms with Crippen LogP contribution >= 0.6 is 0 Å². The monoisotopic (exact) mass is 472 g/mol. The lowest BCUT2D eigenvalue weighted by atomic mass is 9.36. The Balaban J connectivity index is 1.62. The molecule has 3 N–H and O–H groups in total. The highest BCUT2D eigenvalue weighted by atomic mass is 16.4. The van der Waals surface area contributed by atoms with Crippen LogP contribution in [0.4, 0.5) is 0 Å². The predicted octanol–water partition coefficient (Wildman–Crippen LogP) is 5.14. The number of carbonyl (C=O) groups is 2. The van der Waals surface area contributed by atoms with Crippen molar-refractivity contribution in [2.75, 3.05) is 0 Å². The van der Waals surface area contributed by atoms with E-state index in [0.717, 1.165) is 44.1 Å². The number of allylic oxidation sites excluding steroid dienone is 1. The molecule has 190 valence electrons. The van der Waals surface area contributed by atoms with Gasteiger partial charge in [0, 0.05) is 11.3 Å². The number of ketones is 1. The van der Waals surface area contributed by atoms with Crippen LogP contribution in [0.2, 0.25) is 0 Å². The SMILES string of the molecule is CC1(C)[C@@H](O)CC[C@]2(C)[C@H]3C(=O)C=C4C(CC[C@@]5(C)CC[C@](C)(C(=O)O)C[C@@]45O)[C@]3(C)CC[C@@H]12. The van der Waals surface area contributed by atoms with Gasteiger partial charge in [-0.2, -0.15) is 0 Å². The van der Waals surface area contributed by atoms with E-state index in [9.17, 15) is 24.9 Å². The minimum absolute atomic E-state index is 0.0946. The number of carbonyl (C=O) groups excluding carboxylic acids is 1. The number of fused-ring (bicyclic) bond motifs is 7. The Bertz CT molecular complexity index is 968. The maximum atomic E-state index is 14.1. The summed E-state index contributed by atoms with van der Waals surface area (Å²) in [5.74, 6) is -0.483. The number of carboxylic acids is 1. The maximum Gasteiger partial charge on any atom is 0.309 e. The summed E-state index contributed by atoms with van der Waals surface area (Å²) in [5, 5.41) is 33.1. The molecule has 5 rings (SSSR count). The number of aliphatic hydroxyl groups excluding tert-OH is 1. The first-order valence-corrected chi connectivity index (χ1v) is 13.5. The van der Waals surface area contributed by atoms with E-state index in [2.05, 4.69) is 34.6 Å². The molecule has 0 amide bonds. The van der Waals surface area contributed by atoms with E-state index >= 15 is 0 Å². The van der Waals surface area contributed by atoms with Gasteiger partial charge in [0.15, 0.2) is 5.78 Å². The summed E-state index contributed by atoms with van der Waals surface area (Å²) in [5.41, 5.74) is -2.47. The van der Waals surface area contributed by atoms with Crippen molar-refractivity contribution in [2.45, 2.75) is 111 Å². The fourth-order valence-electron chi connectivity index (χ4n) is 10.1. The molecule has 5 heteroatoms. The van der Waals surface area contributed by atoms with E-state index in [1.165, 1.54) is 0 Å². The molecule has 0 heterocycles. The third-order valence-corrected chi connectivity index (χ3v) is 12.4. The fourth-order valence-corrected chi connectivity index (χ4v) is 10.1. The van der Waals surface area contributed by atoms with Gasteiger partial charge in [-0.15, -0.1) is 0 Å². The van der Waals surface area contributed by atoms with Gasteiger partial charge in [0.25, 0.3) is 0 Å². The number of aliphatic hydroxyl groups is 2. The first kappa shape index (κ1) is 24.5. The number of hydrogen-bond donors (Lipinski definition) is 3. The quantitative estimate of drug-likeness (QED) is 0.491. The van der Waals surface area contributed by atoms with Crippen LogP contribution in [0.5, 0.6) is 0 Å². The highest BCUT2D eigenvalue weighted by Crippen LogP contribution is 2.72. The van der Waals surface area contributed by atoms with Gasteiger partial charge in [0.2, 0.25) is 0 Å². The van der Waals surface area contributed by atoms with Gasteiger partial charge in [-0.25, -0.2) is 0 Å². The van der Waals surface area contributed by atoms with Gasteiger partial charge < -0.3 is 15.3 Å². The van der Waals surface area contributed by atoms with Crippen molar-refractivity contribution in [3.05, 3.63) is 11.6 Å². The molecule has 0 aromatic heterocycles. The van der Waals surface area contributed by atoms with E-state index in [-0.39, 0.29) is 52.3 Å². The molecule has 0 spiro atoms. The normalized spacial score (nSPS) is 54.1. The molecule has 1 unspecified atom stereocenters. The van der Waals surface area contributed by atoms with E-state index < -0.39 is 22.4 Å². The Morgan fingerprint density at radius 1 is 0.912 bits per heavy atom. The van der Waals surface area contributed by atoms with E-state index in [1.807, 2.05) is 0 Å². The van der Waals surface area contributed by atoms with E-state index in [0.29, 0.717) is 12.8 Å². The zero-order valence-electron chi connectivity index (χ0n) is 21.9. The first-order chi connectivity index (χ1) is 15.6. The Labute approximate surface area is 204 Å². The van der Waals surface area contributed by atoms with Crippen LogP contribution in [-0.2, 0) is 9.59 Å². The second kappa shape index (κ2) is 6.97. The molecule has 5 nitrogen and oxygen atoms in total. The standard InChI is InChI=1S/C29H44O5/c1-24(2)20-8-11-27(5)17-7-10-26(4)14-13-25(3,23(32)33)16-29(26,34)18(17)15-19(30)22(27)28(20,6)12-9-21(24)31/h15,17,20-22,31,34H,7-14,16H2,1-6H3,(H,32,33)/t17?,20-,21-,22-,25-,26-,27-,28-,29+/m0/s1. The number of hydrogen-bond acceptors (Lipinski definition) is 4. The number of aliphatic carboxylic acids is 1. The fraction of sp³-hybridized carbons (Fsp3) is 0.862. The summed E-state index contributed by atoms with van der Waals surface area (Å²) in [7, 11) is 0. The highest BCUT2D eigenvalue weighted by Gasteiger charge is 2.69. The lowest BCUT2D eigenvalue weighted by Gasteiger charge is -2.68. The van der Waals surface area contributed by atoms with Gasteiger partial charge >= 0.3 is 5.97 Å². The van der Waals surface area contributed by atoms with Crippen LogP contribution in [0, 0.1) is 44.8 Å². The molecular formula is C29H44O5. The van der Waals surface area contributed by atoms with Crippen LogP contribution in [-0.4, -0.2) is 38.8 Å². The van der Waals surface area contributed by atoms with Gasteiger partial charge in [0.05, 0.1) is 17.1 Å². The number of carboxylic acid groups (broad SMARTS) is 1. The van der Waals surface area contributed by atoms with Gasteiger partial charge in [-0.3, -0.25) is 9.59 Å². The topological polar surface area (TPSA) is 94.8 Å². The summed E-state index contributed by atoms with van der Waals surface area (Å²) in [6.45, 7) is 12.8. The zero-order valence-corrected chi connectivity index (χ0v) is 21.9. The summed E-state index contributed by atoms with van der Waals surface area (Å²) in [6.07, 6.45) is 8.10. The molecular weight excluding hydrogens is 428 g/mol. The van der Waals surface area contributed by atoms with Crippen molar-refractivity contribution in [1.29, 1.82) is 0 Å². The molecule has 5 aliphatic rings. The Morgan fingerprint density at radius 3 is 2.21 bits per heavy atom. The van der Waals surface area contributed by atoms with Crippen molar-refractivity contribution >= 4 is 11.8 Å². The van der Waals surface area contributed by atoms with Crippen molar-refractivity contribution in [2.24, 2.45) is 44.8 Å². The third kappa shape index (κ3) is 2.80. The molecule has 4 fully saturated rings. The number of rotatable bonds is 1. The Hall–Kier alpha value is -1.20. The Morgan fingerprint density at radius 2 is 1.56 bits per heavy atom. The minimum Gasteiger partial charge on any atom is -0.481 e. The molecule has 0 saturated heterocycles. The van der Waals surface area contributed by atoms with Crippen molar-refractivity contribution in [1.82, 2.24) is 0 Å². The van der Waals surface area contributed by atoms with Crippen molar-refractivity contribution in [3.63, 3.8) is 0 Å². The third-order valence-electron chi connectivity index (χ3n) is 12.4. The lowest BCUT2D eigenvalue weighted by Crippen LogP contribution is -2.67. The summed E-state index contributed by atoms with van der Waals surface area (Å²) in [6, 6.07) is 0. The summed E-state index contributed by atoms with van der Waals surface area (Å²) in [4.78, 5) is 26.3. The van der Waals surface area contributed by atoms with Crippen LogP contribution < -0.4 is 0 Å². The average molecular weight is 473 g/mol. The molecule has 4 saturated carbocycles. The molecule has 0 aromatic carbocycles. The summed E-state index contributed by atoms with van der Waals surface area (Å²) < 4.78 is 0. The Kier molecular flexibility index (Phi) is 5.02. The molecule has 0 aromatic rings. The first-order valence-electron chi connectivity index (χ1n) is 13.5. The largest absolute Gasteiger partial charge is 0.481 e. The van der Waals surface area contributed by atoms with Gasteiger partial charge in [0.1, 0.15) is 0 Å². The van der Waals surface area contributed by atoms with E-state index in [4.69, 9.17) is 0 Å². The van der Waals surface area contributed by atoms with Crippen LogP contribution in [0.1, 0.15) is 99.3 Å². The zero-order chi connectivity index (χ0) is 25.1. The molecule has 0 aliphatic heterocycles. The predicted molar refractivity (Wildman–Crippen MR) is 130 cm³/mol. The van der Waals surface area contributed by atoms with E-state index in [1.54, 1.807) is 13.0 Å². The smallest absolute Gasteiger partial charge is 0.309 e. The van der Waals surface area contributed by atoms with Crippen molar-refractivity contribution < 1.29 is 24.9 Å². The van der Waals surface area contributed by atoms with Crippen molar-refractivity contribution in [3.8, 4) is 0 Å². The maximum absolute atomic E-state index is 14.1.